The lowest BCUT2D eigenvalue weighted by atomic mass is 9.81. The van der Waals surface area contributed by atoms with Crippen LogP contribution in [0.25, 0.3) is 6.08 Å². The Morgan fingerprint density at radius 1 is 1.31 bits per heavy atom. The average molecular weight is 410 g/mol. The molecule has 3 unspecified atom stereocenters. The summed E-state index contributed by atoms with van der Waals surface area (Å²) in [5.41, 5.74) is -0.626. The molecule has 0 saturated heterocycles. The van der Waals surface area contributed by atoms with Crippen molar-refractivity contribution in [1.29, 1.82) is 0 Å². The van der Waals surface area contributed by atoms with Crippen LogP contribution in [0.5, 0.6) is 5.75 Å². The molecule has 0 N–H and O–H groups in total. The van der Waals surface area contributed by atoms with Crippen LogP contribution < -0.4 is 19.6 Å². The van der Waals surface area contributed by atoms with Crippen molar-refractivity contribution in [1.82, 2.24) is 4.57 Å². The summed E-state index contributed by atoms with van der Waals surface area (Å²) < 4.78 is 18.9. The summed E-state index contributed by atoms with van der Waals surface area (Å²) in [6.07, 6.45) is 1.70. The number of aryl methyl sites for hydroxylation is 1. The van der Waals surface area contributed by atoms with Crippen molar-refractivity contribution >= 4 is 23.4 Å². The van der Waals surface area contributed by atoms with Crippen molar-refractivity contribution in [3.05, 3.63) is 73.2 Å². The number of para-hydroxylation sites is 1. The number of rotatable bonds is 2. The van der Waals surface area contributed by atoms with Crippen LogP contribution in [-0.4, -0.2) is 23.4 Å². The van der Waals surface area contributed by atoms with Gasteiger partial charge in [-0.3, -0.25) is 14.2 Å². The second-order valence-corrected chi connectivity index (χ2v) is 8.28. The van der Waals surface area contributed by atoms with Gasteiger partial charge in [0.25, 0.3) is 5.56 Å². The predicted octanol–water partition coefficient (Wildman–Crippen LogP) is 1.76. The zero-order chi connectivity index (χ0) is 20.3. The molecule has 4 heterocycles. The first-order chi connectivity index (χ1) is 13.9. The Balaban J connectivity index is 1.81. The standard InChI is InChI=1S/C21H18N2O5S/c1-11-8-9-12(27-11)10-15-18(24)23-17-13-6-4-5-7-14(13)28-21(2,22-20(23)29-15)16(17)19(25)26-3/h4-10,16-17H,1-3H3/b15-10-. The smallest absolute Gasteiger partial charge is 0.317 e. The minimum atomic E-state index is -1.16. The van der Waals surface area contributed by atoms with Crippen molar-refractivity contribution in [3.63, 3.8) is 0 Å². The SMILES string of the molecule is COC(=O)C1C2c3ccccc3OC1(C)N=c1s/c(=C\c3ccc(C)o3)c(=O)n12. The fraction of sp³-hybridized carbons (Fsp3) is 0.286. The van der Waals surface area contributed by atoms with E-state index in [1.807, 2.05) is 43.3 Å². The molecule has 0 fully saturated rings. The van der Waals surface area contributed by atoms with Gasteiger partial charge >= 0.3 is 5.97 Å². The highest BCUT2D eigenvalue weighted by molar-refractivity contribution is 7.07. The number of carbonyl (C=O) groups excluding carboxylic acids is 1. The predicted molar refractivity (Wildman–Crippen MR) is 105 cm³/mol. The zero-order valence-corrected chi connectivity index (χ0v) is 16.9. The van der Waals surface area contributed by atoms with E-state index < -0.39 is 23.7 Å². The number of esters is 1. The molecular weight excluding hydrogens is 392 g/mol. The number of aromatic nitrogens is 1. The third-order valence-corrected chi connectivity index (χ3v) is 6.35. The van der Waals surface area contributed by atoms with E-state index >= 15 is 0 Å². The van der Waals surface area contributed by atoms with E-state index in [1.54, 1.807) is 17.6 Å². The van der Waals surface area contributed by atoms with Gasteiger partial charge in [0.1, 0.15) is 23.2 Å². The monoisotopic (exact) mass is 410 g/mol. The molecule has 1 aromatic carbocycles. The van der Waals surface area contributed by atoms with Gasteiger partial charge in [-0.25, -0.2) is 4.99 Å². The Morgan fingerprint density at radius 2 is 2.10 bits per heavy atom. The van der Waals surface area contributed by atoms with Crippen LogP contribution in [0.3, 0.4) is 0 Å². The lowest BCUT2D eigenvalue weighted by Crippen LogP contribution is -2.58. The van der Waals surface area contributed by atoms with Gasteiger partial charge < -0.3 is 13.9 Å². The number of benzene rings is 1. The van der Waals surface area contributed by atoms with Crippen LogP contribution in [-0.2, 0) is 9.53 Å². The molecule has 0 radical (unpaired) electrons. The van der Waals surface area contributed by atoms with Crippen LogP contribution in [0, 0.1) is 12.8 Å². The molecule has 3 aromatic rings. The molecule has 2 aliphatic rings. The molecule has 148 valence electrons. The highest BCUT2D eigenvalue weighted by Gasteiger charge is 2.55. The summed E-state index contributed by atoms with van der Waals surface area (Å²) in [4.78, 5) is 31.3. The second kappa shape index (κ2) is 6.18. The molecule has 2 aromatic heterocycles. The van der Waals surface area contributed by atoms with Gasteiger partial charge in [0, 0.05) is 11.6 Å². The first-order valence-corrected chi connectivity index (χ1v) is 9.98. The summed E-state index contributed by atoms with van der Waals surface area (Å²) in [5.74, 6) is 0.723. The summed E-state index contributed by atoms with van der Waals surface area (Å²) in [6.45, 7) is 3.60. The number of hydrogen-bond acceptors (Lipinski definition) is 7. The van der Waals surface area contributed by atoms with E-state index in [4.69, 9.17) is 13.9 Å². The number of hydrogen-bond donors (Lipinski definition) is 0. The number of nitrogens with zero attached hydrogens (tertiary/aromatic N) is 2. The molecule has 3 atom stereocenters. The van der Waals surface area contributed by atoms with E-state index in [1.165, 1.54) is 18.4 Å². The molecule has 29 heavy (non-hydrogen) atoms. The third kappa shape index (κ3) is 2.59. The Labute approximate surface area is 169 Å². The highest BCUT2D eigenvalue weighted by atomic mass is 32.1. The van der Waals surface area contributed by atoms with E-state index in [0.29, 0.717) is 20.8 Å². The number of carbonyl (C=O) groups is 1. The van der Waals surface area contributed by atoms with Crippen molar-refractivity contribution < 1.29 is 18.7 Å². The van der Waals surface area contributed by atoms with Gasteiger partial charge in [0.05, 0.1) is 17.7 Å². The first kappa shape index (κ1) is 17.9. The lowest BCUT2D eigenvalue weighted by molar-refractivity contribution is -0.158. The maximum Gasteiger partial charge on any atom is 0.317 e. The topological polar surface area (TPSA) is 83.0 Å². The average Bonchev–Trinajstić information content (AvgIpc) is 3.23. The van der Waals surface area contributed by atoms with Crippen LogP contribution in [0.4, 0.5) is 0 Å². The summed E-state index contributed by atoms with van der Waals surface area (Å²) in [6, 6.07) is 10.5. The van der Waals surface area contributed by atoms with Crippen LogP contribution in [0.2, 0.25) is 0 Å². The summed E-state index contributed by atoms with van der Waals surface area (Å²) in [5, 5.41) is 0. The zero-order valence-electron chi connectivity index (χ0n) is 16.0. The summed E-state index contributed by atoms with van der Waals surface area (Å²) in [7, 11) is 1.33. The lowest BCUT2D eigenvalue weighted by Gasteiger charge is -2.44. The number of fused-ring (bicyclic) bond motifs is 6. The highest BCUT2D eigenvalue weighted by Crippen LogP contribution is 2.47. The van der Waals surface area contributed by atoms with E-state index in [0.717, 1.165) is 11.3 Å². The normalized spacial score (nSPS) is 24.9. The van der Waals surface area contributed by atoms with Crippen molar-refractivity contribution in [2.45, 2.75) is 25.6 Å². The minimum absolute atomic E-state index is 0.222. The molecule has 5 rings (SSSR count). The molecule has 7 nitrogen and oxygen atoms in total. The second-order valence-electron chi connectivity index (χ2n) is 7.27. The van der Waals surface area contributed by atoms with Gasteiger partial charge in [0.2, 0.25) is 5.72 Å². The van der Waals surface area contributed by atoms with Crippen LogP contribution in [0.15, 0.2) is 50.6 Å². The van der Waals surface area contributed by atoms with Gasteiger partial charge in [0.15, 0.2) is 4.80 Å². The van der Waals surface area contributed by atoms with Crippen molar-refractivity contribution in [2.75, 3.05) is 7.11 Å². The number of ether oxygens (including phenoxy) is 2. The molecule has 0 aliphatic carbocycles. The number of thiazole rings is 1. The largest absolute Gasteiger partial charge is 0.469 e. The molecule has 2 aliphatic heterocycles. The molecular formula is C21H18N2O5S. The van der Waals surface area contributed by atoms with E-state index in [9.17, 15) is 9.59 Å². The molecule has 0 saturated carbocycles. The van der Waals surface area contributed by atoms with E-state index in [2.05, 4.69) is 4.99 Å². The Kier molecular flexibility index (Phi) is 3.82. The third-order valence-electron chi connectivity index (χ3n) is 5.37. The van der Waals surface area contributed by atoms with Crippen molar-refractivity contribution in [3.8, 4) is 5.75 Å². The maximum atomic E-state index is 13.3. The Hall–Kier alpha value is -3.13. The van der Waals surface area contributed by atoms with Gasteiger partial charge in [-0.15, -0.1) is 0 Å². The number of furan rings is 1. The molecule has 0 amide bonds. The molecule has 0 spiro atoms. The van der Waals surface area contributed by atoms with E-state index in [-0.39, 0.29) is 5.56 Å². The van der Waals surface area contributed by atoms with Gasteiger partial charge in [-0.05, 0) is 32.0 Å². The van der Waals surface area contributed by atoms with Gasteiger partial charge in [-0.1, -0.05) is 29.5 Å². The number of methoxy groups -OCH3 is 1. The quantitative estimate of drug-likeness (QED) is 0.601. The fourth-order valence-corrected chi connectivity index (χ4v) is 5.17. The van der Waals surface area contributed by atoms with Crippen molar-refractivity contribution in [2.24, 2.45) is 10.9 Å². The molecule has 8 heteroatoms. The minimum Gasteiger partial charge on any atom is -0.469 e. The fourth-order valence-electron chi connectivity index (χ4n) is 4.09. The Bertz CT molecular complexity index is 1320. The van der Waals surface area contributed by atoms with Gasteiger partial charge in [-0.2, -0.15) is 0 Å². The maximum absolute atomic E-state index is 13.3. The van der Waals surface area contributed by atoms with Crippen LogP contribution in [0.1, 0.15) is 30.0 Å². The molecule has 2 bridgehead atoms. The van der Waals surface area contributed by atoms with Crippen LogP contribution >= 0.6 is 11.3 Å². The Morgan fingerprint density at radius 3 is 2.83 bits per heavy atom. The summed E-state index contributed by atoms with van der Waals surface area (Å²) >= 11 is 1.25. The first-order valence-electron chi connectivity index (χ1n) is 9.16.